The van der Waals surface area contributed by atoms with Crippen molar-refractivity contribution < 1.29 is 4.42 Å². The Morgan fingerprint density at radius 2 is 1.33 bits per heavy atom. The third kappa shape index (κ3) is 4.57. The van der Waals surface area contributed by atoms with E-state index in [1.54, 1.807) is 0 Å². The molecule has 1 N–H and O–H groups in total. The van der Waals surface area contributed by atoms with Crippen molar-refractivity contribution in [2.45, 2.75) is 13.8 Å². The van der Waals surface area contributed by atoms with Gasteiger partial charge in [0.2, 0.25) is 5.89 Å². The molecule has 0 bridgehead atoms. The van der Waals surface area contributed by atoms with Gasteiger partial charge in [0.05, 0.1) is 0 Å². The molecule has 4 aromatic carbocycles. The molecule has 0 atom stereocenters. The van der Waals surface area contributed by atoms with Gasteiger partial charge in [-0.15, -0.1) is 10.2 Å². The van der Waals surface area contributed by atoms with Gasteiger partial charge in [0, 0.05) is 23.1 Å². The molecule has 6 aromatic rings. The molecule has 176 valence electrons. The highest BCUT2D eigenvalue weighted by Crippen LogP contribution is 2.39. The number of H-pyrrole nitrogens is 1. The fraction of sp³-hybridized carbons (Fsp3) is 0.0667. The molecule has 0 spiro atoms. The third-order valence-electron chi connectivity index (χ3n) is 5.86. The summed E-state index contributed by atoms with van der Waals surface area (Å²) in [5.41, 5.74) is 6.98. The Balaban J connectivity index is 0.00000267. The van der Waals surface area contributed by atoms with E-state index in [1.165, 1.54) is 0 Å². The lowest BCUT2D eigenvalue weighted by molar-refractivity contribution is 0.589. The van der Waals surface area contributed by atoms with Crippen LogP contribution in [0.25, 0.3) is 45.2 Å². The fourth-order valence-electron chi connectivity index (χ4n) is 4.22. The minimum atomic E-state index is 0. The number of rotatable bonds is 6. The summed E-state index contributed by atoms with van der Waals surface area (Å²) in [7, 11) is 0. The summed E-state index contributed by atoms with van der Waals surface area (Å²) in [6, 6.07) is 36.8. The maximum absolute atomic E-state index is 6.48. The Kier molecular flexibility index (Phi) is 6.49. The van der Waals surface area contributed by atoms with Crippen molar-refractivity contribution in [1.82, 2.24) is 25.6 Å². The normalized spacial score (nSPS) is 10.7. The van der Waals surface area contributed by atoms with E-state index in [0.717, 1.165) is 44.8 Å². The van der Waals surface area contributed by atoms with Crippen LogP contribution in [0.15, 0.2) is 114 Å². The van der Waals surface area contributed by atoms with E-state index in [2.05, 4.69) is 63.1 Å². The third-order valence-corrected chi connectivity index (χ3v) is 5.86. The van der Waals surface area contributed by atoms with Gasteiger partial charge in [-0.05, 0) is 22.8 Å². The number of aromatic nitrogens is 5. The minimum absolute atomic E-state index is 0. The lowest BCUT2D eigenvalue weighted by atomic mass is 9.97. The van der Waals surface area contributed by atoms with Crippen LogP contribution in [0.5, 0.6) is 0 Å². The van der Waals surface area contributed by atoms with Crippen molar-refractivity contribution >= 4 is 0 Å². The van der Waals surface area contributed by atoms with Crippen molar-refractivity contribution in [2.24, 2.45) is 0 Å². The predicted octanol–water partition coefficient (Wildman–Crippen LogP) is 7.08. The van der Waals surface area contributed by atoms with Crippen molar-refractivity contribution in [3.8, 4) is 45.2 Å². The van der Waals surface area contributed by atoms with E-state index >= 15 is 0 Å². The first kappa shape index (κ1) is 22.9. The van der Waals surface area contributed by atoms with Crippen LogP contribution in [-0.4, -0.2) is 25.6 Å². The van der Waals surface area contributed by atoms with E-state index in [4.69, 9.17) is 9.40 Å². The standard InChI is InChI=1S/C29H21N5O.CH4/c1-3-11-21(12-4-1)27-28(22-13-5-2-6-14-22)35-29(30-27)25-17-8-7-16-24(25)23-15-9-10-20(18-23)19-26-31-33-34-32-26;/h1-18H,19H2,(H,31,32,33,34);1H4. The number of nitrogens with zero attached hydrogens (tertiary/aromatic N) is 4. The molecule has 0 amide bonds. The number of aromatic amines is 1. The molecular weight excluding hydrogens is 446 g/mol. The molecule has 0 fully saturated rings. The fourth-order valence-corrected chi connectivity index (χ4v) is 4.22. The average molecular weight is 472 g/mol. The quantitative estimate of drug-likeness (QED) is 0.281. The smallest absolute Gasteiger partial charge is 0.227 e. The number of hydrogen-bond acceptors (Lipinski definition) is 5. The van der Waals surface area contributed by atoms with Crippen LogP contribution < -0.4 is 0 Å². The molecule has 0 unspecified atom stereocenters. The Hall–Kier alpha value is -4.84. The van der Waals surface area contributed by atoms with Crippen LogP contribution in [0, 0.1) is 0 Å². The van der Waals surface area contributed by atoms with Gasteiger partial charge in [-0.25, -0.2) is 4.98 Å². The molecule has 6 heteroatoms. The first-order valence-corrected chi connectivity index (χ1v) is 11.4. The lowest BCUT2D eigenvalue weighted by Crippen LogP contribution is -1.92. The van der Waals surface area contributed by atoms with Crippen LogP contribution in [-0.2, 0) is 6.42 Å². The average Bonchev–Trinajstić information content (AvgIpc) is 3.60. The zero-order valence-corrected chi connectivity index (χ0v) is 18.8. The highest BCUT2D eigenvalue weighted by atomic mass is 16.4. The molecule has 0 saturated carbocycles. The second-order valence-electron chi connectivity index (χ2n) is 8.18. The van der Waals surface area contributed by atoms with E-state index in [0.29, 0.717) is 18.1 Å². The molecule has 0 aliphatic carbocycles. The van der Waals surface area contributed by atoms with E-state index < -0.39 is 0 Å². The Morgan fingerprint density at radius 1 is 0.667 bits per heavy atom. The number of oxazole rings is 1. The molecule has 6 rings (SSSR count). The Labute approximate surface area is 209 Å². The van der Waals surface area contributed by atoms with E-state index in [-0.39, 0.29) is 7.43 Å². The van der Waals surface area contributed by atoms with Crippen LogP contribution in [0.2, 0.25) is 0 Å². The Morgan fingerprint density at radius 3 is 2.06 bits per heavy atom. The van der Waals surface area contributed by atoms with Gasteiger partial charge in [-0.3, -0.25) is 0 Å². The first-order chi connectivity index (χ1) is 17.3. The molecule has 0 radical (unpaired) electrons. The molecule has 36 heavy (non-hydrogen) atoms. The number of tetrazole rings is 1. The molecule has 0 aliphatic rings. The molecule has 2 aromatic heterocycles. The first-order valence-electron chi connectivity index (χ1n) is 11.4. The van der Waals surface area contributed by atoms with E-state index in [9.17, 15) is 0 Å². The molecule has 2 heterocycles. The van der Waals surface area contributed by atoms with Crippen LogP contribution in [0.4, 0.5) is 0 Å². The summed E-state index contributed by atoms with van der Waals surface area (Å²) in [5.74, 6) is 2.00. The number of hydrogen-bond donors (Lipinski definition) is 1. The second-order valence-corrected chi connectivity index (χ2v) is 8.18. The highest BCUT2D eigenvalue weighted by Gasteiger charge is 2.20. The van der Waals surface area contributed by atoms with E-state index in [1.807, 2.05) is 66.7 Å². The summed E-state index contributed by atoms with van der Waals surface area (Å²) in [6.45, 7) is 0. The van der Waals surface area contributed by atoms with Crippen molar-refractivity contribution in [3.05, 3.63) is 121 Å². The number of benzene rings is 4. The molecular formula is C30H25N5O. The van der Waals surface area contributed by atoms with Gasteiger partial charge in [0.15, 0.2) is 11.6 Å². The van der Waals surface area contributed by atoms with Gasteiger partial charge < -0.3 is 4.42 Å². The summed E-state index contributed by atoms with van der Waals surface area (Å²) in [4.78, 5) is 5.00. The Bertz CT molecular complexity index is 1500. The topological polar surface area (TPSA) is 80.5 Å². The zero-order valence-electron chi connectivity index (χ0n) is 18.8. The minimum Gasteiger partial charge on any atom is -0.435 e. The number of nitrogens with one attached hydrogen (secondary N) is 1. The predicted molar refractivity (Wildman–Crippen MR) is 142 cm³/mol. The SMILES string of the molecule is C.c1ccc(-c2nc(-c3ccccc3-c3cccc(Cc4nn[nH]n4)c3)oc2-c2ccccc2)cc1. The van der Waals surface area contributed by atoms with Gasteiger partial charge in [-0.1, -0.05) is 116 Å². The van der Waals surface area contributed by atoms with Crippen LogP contribution >= 0.6 is 0 Å². The summed E-state index contributed by atoms with van der Waals surface area (Å²) >= 11 is 0. The maximum atomic E-state index is 6.48. The van der Waals surface area contributed by atoms with Crippen LogP contribution in [0.3, 0.4) is 0 Å². The highest BCUT2D eigenvalue weighted by molar-refractivity contribution is 5.84. The zero-order chi connectivity index (χ0) is 23.5. The lowest BCUT2D eigenvalue weighted by Gasteiger charge is -2.08. The molecule has 6 nitrogen and oxygen atoms in total. The molecule has 0 saturated heterocycles. The second kappa shape index (κ2) is 10.2. The van der Waals surface area contributed by atoms with Crippen molar-refractivity contribution in [2.75, 3.05) is 0 Å². The monoisotopic (exact) mass is 471 g/mol. The largest absolute Gasteiger partial charge is 0.435 e. The van der Waals surface area contributed by atoms with Crippen molar-refractivity contribution in [3.63, 3.8) is 0 Å². The molecule has 0 aliphatic heterocycles. The maximum Gasteiger partial charge on any atom is 0.227 e. The summed E-state index contributed by atoms with van der Waals surface area (Å²) in [5, 5.41) is 14.3. The van der Waals surface area contributed by atoms with Gasteiger partial charge >= 0.3 is 0 Å². The van der Waals surface area contributed by atoms with Crippen molar-refractivity contribution in [1.29, 1.82) is 0 Å². The van der Waals surface area contributed by atoms with Gasteiger partial charge in [-0.2, -0.15) is 5.21 Å². The van der Waals surface area contributed by atoms with Gasteiger partial charge in [0.25, 0.3) is 0 Å². The summed E-state index contributed by atoms with van der Waals surface area (Å²) in [6.07, 6.45) is 0.599. The van der Waals surface area contributed by atoms with Crippen LogP contribution in [0.1, 0.15) is 18.8 Å². The summed E-state index contributed by atoms with van der Waals surface area (Å²) < 4.78 is 6.48. The van der Waals surface area contributed by atoms with Gasteiger partial charge in [0.1, 0.15) is 5.69 Å².